The van der Waals surface area contributed by atoms with Crippen LogP contribution in [0, 0.1) is 5.92 Å². The van der Waals surface area contributed by atoms with Crippen LogP contribution < -0.4 is 10.6 Å². The van der Waals surface area contributed by atoms with Crippen LogP contribution in [0.25, 0.3) is 0 Å². The van der Waals surface area contributed by atoms with Gasteiger partial charge in [0, 0.05) is 57.4 Å². The smallest absolute Gasteiger partial charge is 0.253 e. The van der Waals surface area contributed by atoms with Crippen molar-refractivity contribution in [2.75, 3.05) is 26.2 Å². The number of nitrogens with zero attached hydrogens (tertiary/aromatic N) is 3. The van der Waals surface area contributed by atoms with Gasteiger partial charge < -0.3 is 15.5 Å². The Hall–Kier alpha value is -2.67. The first-order valence-electron chi connectivity index (χ1n) is 9.88. The van der Waals surface area contributed by atoms with Crippen LogP contribution in [0.1, 0.15) is 41.3 Å². The fourth-order valence-electron chi connectivity index (χ4n) is 3.71. The van der Waals surface area contributed by atoms with E-state index in [0.29, 0.717) is 31.7 Å². The van der Waals surface area contributed by atoms with Gasteiger partial charge >= 0.3 is 0 Å². The standard InChI is InChI=1S/C21H29N5O2/c1-4-26(5-2)21(28)16-8-6-15(7-9-16)10-23-20(27)19-13-22-12-18(19)17-11-24-25(3)14-17/h6-9,11,14,18-19,22H,4-5,10,12-13H2,1-3H3,(H,23,27)/t18-,19+/m1/s1. The third kappa shape index (κ3) is 4.42. The Morgan fingerprint density at radius 1 is 1.21 bits per heavy atom. The average molecular weight is 383 g/mol. The normalized spacial score (nSPS) is 18.8. The predicted octanol–water partition coefficient (Wildman–Crippen LogP) is 1.52. The molecule has 1 aliphatic rings. The van der Waals surface area contributed by atoms with Crippen molar-refractivity contribution in [2.45, 2.75) is 26.3 Å². The number of hydrogen-bond donors (Lipinski definition) is 2. The first kappa shape index (κ1) is 20.1. The quantitative estimate of drug-likeness (QED) is 0.760. The number of aromatic nitrogens is 2. The predicted molar refractivity (Wildman–Crippen MR) is 108 cm³/mol. The van der Waals surface area contributed by atoms with Gasteiger partial charge in [0.25, 0.3) is 5.91 Å². The monoisotopic (exact) mass is 383 g/mol. The molecule has 1 saturated heterocycles. The summed E-state index contributed by atoms with van der Waals surface area (Å²) in [4.78, 5) is 26.9. The summed E-state index contributed by atoms with van der Waals surface area (Å²) in [7, 11) is 1.88. The molecule has 0 spiro atoms. The highest BCUT2D eigenvalue weighted by molar-refractivity contribution is 5.94. The van der Waals surface area contributed by atoms with Gasteiger partial charge in [-0.05, 0) is 37.1 Å². The van der Waals surface area contributed by atoms with Gasteiger partial charge in [0.05, 0.1) is 12.1 Å². The first-order valence-corrected chi connectivity index (χ1v) is 9.88. The van der Waals surface area contributed by atoms with E-state index in [2.05, 4.69) is 15.7 Å². The minimum absolute atomic E-state index is 0.0388. The molecule has 2 N–H and O–H groups in total. The molecule has 1 aliphatic heterocycles. The van der Waals surface area contributed by atoms with E-state index in [1.807, 2.05) is 57.6 Å². The van der Waals surface area contributed by atoms with E-state index >= 15 is 0 Å². The zero-order chi connectivity index (χ0) is 20.1. The second-order valence-corrected chi connectivity index (χ2v) is 7.21. The van der Waals surface area contributed by atoms with Crippen LogP contribution in [0.2, 0.25) is 0 Å². The van der Waals surface area contributed by atoms with Crippen molar-refractivity contribution in [3.05, 3.63) is 53.3 Å². The van der Waals surface area contributed by atoms with E-state index in [4.69, 9.17) is 0 Å². The fourth-order valence-corrected chi connectivity index (χ4v) is 3.71. The van der Waals surface area contributed by atoms with Crippen molar-refractivity contribution in [1.29, 1.82) is 0 Å². The van der Waals surface area contributed by atoms with E-state index in [0.717, 1.165) is 17.7 Å². The molecule has 0 unspecified atom stereocenters. The van der Waals surface area contributed by atoms with Gasteiger partial charge in [0.2, 0.25) is 5.91 Å². The van der Waals surface area contributed by atoms with Gasteiger partial charge in [-0.3, -0.25) is 14.3 Å². The third-order valence-corrected chi connectivity index (χ3v) is 5.42. The number of carbonyl (C=O) groups is 2. The molecule has 2 heterocycles. The summed E-state index contributed by atoms with van der Waals surface area (Å²) in [5.41, 5.74) is 2.75. The SMILES string of the molecule is CCN(CC)C(=O)c1ccc(CNC(=O)[C@H]2CNC[C@@H]2c2cnn(C)c2)cc1. The summed E-state index contributed by atoms with van der Waals surface area (Å²) in [5.74, 6) is 0.120. The second-order valence-electron chi connectivity index (χ2n) is 7.21. The van der Waals surface area contributed by atoms with Crippen molar-refractivity contribution < 1.29 is 9.59 Å². The van der Waals surface area contributed by atoms with Gasteiger partial charge in [0.1, 0.15) is 0 Å². The molecule has 1 aromatic heterocycles. The highest BCUT2D eigenvalue weighted by Crippen LogP contribution is 2.27. The van der Waals surface area contributed by atoms with E-state index < -0.39 is 0 Å². The second kappa shape index (κ2) is 9.01. The van der Waals surface area contributed by atoms with Gasteiger partial charge in [0.15, 0.2) is 0 Å². The van der Waals surface area contributed by atoms with Crippen LogP contribution >= 0.6 is 0 Å². The first-order chi connectivity index (χ1) is 13.5. The van der Waals surface area contributed by atoms with Crippen LogP contribution in [0.4, 0.5) is 0 Å². The van der Waals surface area contributed by atoms with E-state index in [1.54, 1.807) is 9.58 Å². The molecule has 0 aliphatic carbocycles. The maximum absolute atomic E-state index is 12.7. The summed E-state index contributed by atoms with van der Waals surface area (Å²) < 4.78 is 1.77. The van der Waals surface area contributed by atoms with Crippen molar-refractivity contribution in [3.8, 4) is 0 Å². The molecule has 0 radical (unpaired) electrons. The largest absolute Gasteiger partial charge is 0.352 e. The molecule has 28 heavy (non-hydrogen) atoms. The van der Waals surface area contributed by atoms with Gasteiger partial charge in [-0.25, -0.2) is 0 Å². The van der Waals surface area contributed by atoms with Crippen LogP contribution in [0.15, 0.2) is 36.7 Å². The maximum atomic E-state index is 12.7. The highest BCUT2D eigenvalue weighted by atomic mass is 16.2. The number of amides is 2. The van der Waals surface area contributed by atoms with Crippen LogP contribution in [-0.4, -0.2) is 52.7 Å². The zero-order valence-corrected chi connectivity index (χ0v) is 16.8. The Morgan fingerprint density at radius 2 is 1.93 bits per heavy atom. The molecule has 150 valence electrons. The Morgan fingerprint density at radius 3 is 2.54 bits per heavy atom. The number of benzene rings is 1. The van der Waals surface area contributed by atoms with Crippen LogP contribution in [0.3, 0.4) is 0 Å². The maximum Gasteiger partial charge on any atom is 0.253 e. The van der Waals surface area contributed by atoms with Crippen molar-refractivity contribution >= 4 is 11.8 Å². The van der Waals surface area contributed by atoms with Crippen molar-refractivity contribution in [1.82, 2.24) is 25.3 Å². The lowest BCUT2D eigenvalue weighted by atomic mass is 9.90. The van der Waals surface area contributed by atoms with E-state index in [9.17, 15) is 9.59 Å². The lowest BCUT2D eigenvalue weighted by molar-refractivity contribution is -0.125. The average Bonchev–Trinajstić information content (AvgIpc) is 3.36. The number of hydrogen-bond acceptors (Lipinski definition) is 4. The molecular formula is C21H29N5O2. The Balaban J connectivity index is 1.58. The molecule has 7 heteroatoms. The number of carbonyl (C=O) groups excluding carboxylic acids is 2. The molecule has 0 bridgehead atoms. The topological polar surface area (TPSA) is 79.3 Å². The minimum atomic E-state index is -0.104. The summed E-state index contributed by atoms with van der Waals surface area (Å²) in [5, 5.41) is 10.6. The zero-order valence-electron chi connectivity index (χ0n) is 16.8. The van der Waals surface area contributed by atoms with E-state index in [1.165, 1.54) is 0 Å². The van der Waals surface area contributed by atoms with Gasteiger partial charge in [-0.1, -0.05) is 12.1 Å². The molecule has 3 rings (SSSR count). The Labute approximate surface area is 166 Å². The molecule has 2 aromatic rings. The molecule has 7 nitrogen and oxygen atoms in total. The summed E-state index contributed by atoms with van der Waals surface area (Å²) in [6.07, 6.45) is 3.81. The Bertz CT molecular complexity index is 810. The van der Waals surface area contributed by atoms with Gasteiger partial charge in [-0.15, -0.1) is 0 Å². The molecule has 1 fully saturated rings. The summed E-state index contributed by atoms with van der Waals surface area (Å²) >= 11 is 0. The van der Waals surface area contributed by atoms with Crippen molar-refractivity contribution in [3.63, 3.8) is 0 Å². The van der Waals surface area contributed by atoms with Gasteiger partial charge in [-0.2, -0.15) is 5.10 Å². The summed E-state index contributed by atoms with van der Waals surface area (Å²) in [6, 6.07) is 7.47. The van der Waals surface area contributed by atoms with Crippen LogP contribution in [-0.2, 0) is 18.4 Å². The minimum Gasteiger partial charge on any atom is -0.352 e. The molecule has 2 atom stereocenters. The lowest BCUT2D eigenvalue weighted by Crippen LogP contribution is -2.34. The molecular weight excluding hydrogens is 354 g/mol. The van der Waals surface area contributed by atoms with E-state index in [-0.39, 0.29) is 23.7 Å². The molecule has 2 amide bonds. The number of aryl methyl sites for hydroxylation is 1. The number of nitrogens with one attached hydrogen (secondary N) is 2. The van der Waals surface area contributed by atoms with Crippen LogP contribution in [0.5, 0.6) is 0 Å². The lowest BCUT2D eigenvalue weighted by Gasteiger charge is -2.19. The third-order valence-electron chi connectivity index (χ3n) is 5.42. The molecule has 0 saturated carbocycles. The number of rotatable bonds is 7. The summed E-state index contributed by atoms with van der Waals surface area (Å²) in [6.45, 7) is 7.24. The van der Waals surface area contributed by atoms with Crippen molar-refractivity contribution in [2.24, 2.45) is 13.0 Å². The highest BCUT2D eigenvalue weighted by Gasteiger charge is 2.34. The molecule has 1 aromatic carbocycles. The fraction of sp³-hybridized carbons (Fsp3) is 0.476. The Kier molecular flexibility index (Phi) is 6.46.